The maximum absolute atomic E-state index is 6.08. The van der Waals surface area contributed by atoms with Gasteiger partial charge >= 0.3 is 7.07 Å². The molecule has 5 aromatic carbocycles. The molecule has 0 saturated heterocycles. The van der Waals surface area contributed by atoms with Crippen LogP contribution in [-0.2, 0) is 17.2 Å². The van der Waals surface area contributed by atoms with Crippen LogP contribution in [0.1, 0.15) is 105 Å². The molecule has 1 unspecified atom stereocenters. The normalized spacial score (nSPS) is 12.4. The third-order valence-corrected chi connectivity index (χ3v) is 12.7. The minimum Gasteiger partial charge on any atom is -0.492 e. The Hall–Kier alpha value is -5.39. The van der Waals surface area contributed by atoms with Gasteiger partial charge in [0, 0.05) is 46.1 Å². The first-order valence-corrected chi connectivity index (χ1v) is 22.8. The van der Waals surface area contributed by atoms with Crippen molar-refractivity contribution >= 4 is 30.8 Å². The number of nitrogens with zero attached hydrogens (tertiary/aromatic N) is 3. The molecule has 0 saturated carbocycles. The molecule has 296 valence electrons. The number of rotatable bonds is 16. The van der Waals surface area contributed by atoms with Gasteiger partial charge in [-0.1, -0.05) is 97.8 Å². The predicted octanol–water partition coefficient (Wildman–Crippen LogP) is 12.4. The number of fused-ring (bicyclic) bond motifs is 3. The second-order valence-corrected chi connectivity index (χ2v) is 17.0. The zero-order valence-corrected chi connectivity index (χ0v) is 36.6. The molecule has 0 N–H and O–H groups in total. The summed E-state index contributed by atoms with van der Waals surface area (Å²) in [6.07, 6.45) is 8.64. The molecule has 0 amide bonds. The highest BCUT2D eigenvalue weighted by molar-refractivity contribution is 8.02. The van der Waals surface area contributed by atoms with E-state index in [9.17, 15) is 0 Å². The number of hydrazone groups is 1. The molecule has 5 aromatic rings. The van der Waals surface area contributed by atoms with Crippen LogP contribution in [-0.4, -0.2) is 37.7 Å². The summed E-state index contributed by atoms with van der Waals surface area (Å²) in [4.78, 5) is 2.31. The predicted molar refractivity (Wildman–Crippen MR) is 248 cm³/mol. The molecule has 0 aliphatic heterocycles. The van der Waals surface area contributed by atoms with Crippen LogP contribution < -0.4 is 14.2 Å². The van der Waals surface area contributed by atoms with Gasteiger partial charge in [-0.05, 0) is 141 Å². The molecule has 6 rings (SSSR count). The van der Waals surface area contributed by atoms with Crippen LogP contribution in [0, 0.1) is 30.6 Å². The average Bonchev–Trinajstić information content (AvgIpc) is 3.51. The van der Waals surface area contributed by atoms with Gasteiger partial charge in [0.1, 0.15) is 12.4 Å². The fourth-order valence-electron chi connectivity index (χ4n) is 7.65. The summed E-state index contributed by atoms with van der Waals surface area (Å²) in [6.45, 7) is 12.9. The molecule has 0 radical (unpaired) electrons. The van der Waals surface area contributed by atoms with Crippen LogP contribution in [0.25, 0.3) is 11.1 Å². The third kappa shape index (κ3) is 10.4. The fourth-order valence-corrected chi connectivity index (χ4v) is 8.64. The van der Waals surface area contributed by atoms with Gasteiger partial charge in [-0.15, -0.1) is 5.10 Å². The summed E-state index contributed by atoms with van der Waals surface area (Å²) in [7, 11) is 0.552. The number of hydrogen-bond donors (Lipinski definition) is 0. The highest BCUT2D eigenvalue weighted by atomic mass is 32.4. The lowest BCUT2D eigenvalue weighted by Crippen LogP contribution is -2.28. The summed E-state index contributed by atoms with van der Waals surface area (Å²) in [5, 5.41) is 4.17. The average molecular weight is 805 g/mol. The quantitative estimate of drug-likeness (QED) is 0.0430. The van der Waals surface area contributed by atoms with Crippen LogP contribution in [0.15, 0.2) is 114 Å². The second-order valence-electron chi connectivity index (χ2n) is 14.8. The highest BCUT2D eigenvalue weighted by Gasteiger charge is 2.42. The molecule has 1 atom stereocenters. The minimum atomic E-state index is -1.26. The van der Waals surface area contributed by atoms with Crippen LogP contribution in [0.4, 0.5) is 5.69 Å². The van der Waals surface area contributed by atoms with E-state index in [0.29, 0.717) is 12.4 Å². The lowest BCUT2D eigenvalue weighted by Gasteiger charge is -2.33. The van der Waals surface area contributed by atoms with E-state index in [4.69, 9.17) is 21.1 Å². The van der Waals surface area contributed by atoms with Gasteiger partial charge in [0.2, 0.25) is 11.8 Å². The van der Waals surface area contributed by atoms with Gasteiger partial charge in [-0.2, -0.15) is 0 Å². The number of aryl methyl sites for hydroxylation is 1. The summed E-state index contributed by atoms with van der Waals surface area (Å²) in [5.74, 6) is 15.4. The largest absolute Gasteiger partial charge is 0.540 e. The topological polar surface area (TPSA) is 37.3 Å². The molecule has 1 aliphatic rings. The first-order valence-electron chi connectivity index (χ1n) is 20.6. The van der Waals surface area contributed by atoms with Crippen molar-refractivity contribution in [3.05, 3.63) is 148 Å². The van der Waals surface area contributed by atoms with Crippen LogP contribution in [0.5, 0.6) is 11.5 Å². The zero-order valence-electron chi connectivity index (χ0n) is 34.8. The minimum absolute atomic E-state index is 0.0422. The number of anilines is 1. The molecule has 1 aliphatic carbocycles. The smallest absolute Gasteiger partial charge is 0.492 e. The van der Waals surface area contributed by atoms with Gasteiger partial charge in [-0.25, -0.2) is 0 Å². The standard InChI is InChI=1S/C51H55N3O2PS/c1-7-11-33-51(34-12-8-2)49-37-42(19-17-40-15-13-39(5)14-16-40)23-31-47(49)48-32-24-43(38-50(48)51)20-18-41-21-25-44(26-22-41)54(10-4)35-36-55-45-27-29-46(30-28-45)56-57(58)53(6)52-9-3/h9,13-16,21-32,37-38H,7-8,10-12,33-36H2,1-6H3/q+1. The molecule has 5 nitrogen and oxygen atoms in total. The SMILES string of the molecule is CC=NN(C)[P+](=S)Oc1ccc(OCCN(CC)c2ccc(C#Cc3ccc4c(c3)C(CCCC)(CCCC)c3cc(C#Cc5ccc(C)cc5)ccc3-4)cc2)cc1. The Kier molecular flexibility index (Phi) is 14.8. The Bertz CT molecular complexity index is 2320. The molecule has 0 heterocycles. The molecule has 58 heavy (non-hydrogen) atoms. The Morgan fingerprint density at radius 3 is 1.71 bits per heavy atom. The van der Waals surface area contributed by atoms with E-state index in [1.165, 1.54) is 53.5 Å². The maximum Gasteiger partial charge on any atom is 0.540 e. The van der Waals surface area contributed by atoms with E-state index >= 15 is 0 Å². The van der Waals surface area contributed by atoms with E-state index in [1.807, 2.05) is 38.2 Å². The first-order chi connectivity index (χ1) is 28.3. The van der Waals surface area contributed by atoms with Crippen molar-refractivity contribution in [2.75, 3.05) is 31.6 Å². The molecule has 0 aromatic heterocycles. The molecular weight excluding hydrogens is 750 g/mol. The van der Waals surface area contributed by atoms with Crippen molar-refractivity contribution in [2.45, 2.75) is 78.6 Å². The summed E-state index contributed by atoms with van der Waals surface area (Å²) < 4.78 is 13.6. The Labute approximate surface area is 353 Å². The molecule has 0 spiro atoms. The zero-order chi connectivity index (χ0) is 40.9. The molecule has 0 fully saturated rings. The monoisotopic (exact) mass is 804 g/mol. The Morgan fingerprint density at radius 2 is 1.19 bits per heavy atom. The van der Waals surface area contributed by atoms with Gasteiger partial charge in [-0.3, -0.25) is 4.52 Å². The fraction of sp³-hybridized carbons (Fsp3) is 0.314. The van der Waals surface area contributed by atoms with E-state index < -0.39 is 7.07 Å². The van der Waals surface area contributed by atoms with E-state index in [2.05, 4.69) is 146 Å². The molecular formula is C51H55N3O2PS+. The van der Waals surface area contributed by atoms with Gasteiger partial charge < -0.3 is 9.64 Å². The summed E-state index contributed by atoms with van der Waals surface area (Å²) in [6, 6.07) is 38.4. The van der Waals surface area contributed by atoms with Crippen molar-refractivity contribution in [1.29, 1.82) is 0 Å². The van der Waals surface area contributed by atoms with Crippen LogP contribution in [0.2, 0.25) is 0 Å². The van der Waals surface area contributed by atoms with Crippen LogP contribution >= 0.6 is 7.07 Å². The maximum atomic E-state index is 6.08. The third-order valence-electron chi connectivity index (χ3n) is 10.8. The highest BCUT2D eigenvalue weighted by Crippen LogP contribution is 2.54. The Balaban J connectivity index is 1.15. The van der Waals surface area contributed by atoms with E-state index in [1.54, 1.807) is 11.0 Å². The number of benzene rings is 5. The van der Waals surface area contributed by atoms with Gasteiger partial charge in [0.05, 0.1) is 13.6 Å². The first kappa shape index (κ1) is 42.2. The molecule has 7 heteroatoms. The van der Waals surface area contributed by atoms with Crippen molar-refractivity contribution in [2.24, 2.45) is 5.10 Å². The summed E-state index contributed by atoms with van der Waals surface area (Å²) >= 11 is 5.43. The van der Waals surface area contributed by atoms with Crippen molar-refractivity contribution in [1.82, 2.24) is 4.78 Å². The number of hydrogen-bond acceptors (Lipinski definition) is 5. The van der Waals surface area contributed by atoms with Gasteiger partial charge in [0.25, 0.3) is 0 Å². The van der Waals surface area contributed by atoms with Crippen molar-refractivity contribution in [3.63, 3.8) is 0 Å². The lowest BCUT2D eigenvalue weighted by atomic mass is 9.70. The van der Waals surface area contributed by atoms with Crippen LogP contribution in [0.3, 0.4) is 0 Å². The van der Waals surface area contributed by atoms with Crippen molar-refractivity contribution < 1.29 is 9.26 Å². The Morgan fingerprint density at radius 1 is 0.690 bits per heavy atom. The number of ether oxygens (including phenoxy) is 1. The molecule has 0 bridgehead atoms. The second kappa shape index (κ2) is 20.3. The van der Waals surface area contributed by atoms with E-state index in [-0.39, 0.29) is 5.41 Å². The summed E-state index contributed by atoms with van der Waals surface area (Å²) in [5.41, 5.74) is 12.1. The number of unbranched alkanes of at least 4 members (excludes halogenated alkanes) is 2. The number of likely N-dealkylation sites (N-methyl/N-ethyl adjacent to an activating group) is 1. The lowest BCUT2D eigenvalue weighted by molar-refractivity contribution is 0.324. The van der Waals surface area contributed by atoms with Gasteiger partial charge in [0.15, 0.2) is 5.75 Å². The van der Waals surface area contributed by atoms with E-state index in [0.717, 1.165) is 59.6 Å². The van der Waals surface area contributed by atoms with Crippen molar-refractivity contribution in [3.8, 4) is 46.3 Å².